The van der Waals surface area contributed by atoms with E-state index >= 15 is 0 Å². The average molecular weight is 259 g/mol. The van der Waals surface area contributed by atoms with E-state index < -0.39 is 28.5 Å². The number of sulfone groups is 1. The fourth-order valence-corrected chi connectivity index (χ4v) is 3.83. The highest BCUT2D eigenvalue weighted by Gasteiger charge is 2.31. The van der Waals surface area contributed by atoms with Gasteiger partial charge in [0.2, 0.25) is 0 Å². The number of hydrogen-bond donors (Lipinski definition) is 1. The number of alkyl halides is 3. The first-order valence-corrected chi connectivity index (χ1v) is 7.03. The average Bonchev–Trinajstić information content (AvgIpc) is 2.41. The number of rotatable bonds is 4. The fraction of sp³-hybridized carbons (Fsp3) is 1.00. The molecule has 2 N–H and O–H groups in total. The normalized spacial score (nSPS) is 26.9. The van der Waals surface area contributed by atoms with Gasteiger partial charge in [0.05, 0.1) is 11.5 Å². The van der Waals surface area contributed by atoms with Gasteiger partial charge in [-0.3, -0.25) is 0 Å². The Morgan fingerprint density at radius 3 is 2.44 bits per heavy atom. The summed E-state index contributed by atoms with van der Waals surface area (Å²) in [5.74, 6) is 0.157. The first-order chi connectivity index (χ1) is 7.18. The highest BCUT2D eigenvalue weighted by Crippen LogP contribution is 2.26. The van der Waals surface area contributed by atoms with Crippen LogP contribution in [0.25, 0.3) is 0 Å². The molecule has 2 atom stereocenters. The molecule has 1 saturated heterocycles. The molecule has 7 heteroatoms. The minimum atomic E-state index is -4.18. The summed E-state index contributed by atoms with van der Waals surface area (Å²) in [6.45, 7) is 0. The van der Waals surface area contributed by atoms with Crippen molar-refractivity contribution >= 4 is 9.84 Å². The molecular weight excluding hydrogens is 243 g/mol. The van der Waals surface area contributed by atoms with Crippen LogP contribution in [-0.2, 0) is 9.84 Å². The van der Waals surface area contributed by atoms with Crippen molar-refractivity contribution in [1.29, 1.82) is 0 Å². The Labute approximate surface area is 93.1 Å². The minimum absolute atomic E-state index is 0.0618. The van der Waals surface area contributed by atoms with Crippen molar-refractivity contribution in [3.8, 4) is 0 Å². The molecule has 0 amide bonds. The molecule has 3 nitrogen and oxygen atoms in total. The third-order valence-corrected chi connectivity index (χ3v) is 4.60. The zero-order chi connectivity index (χ0) is 12.4. The highest BCUT2D eigenvalue weighted by molar-refractivity contribution is 7.91. The summed E-state index contributed by atoms with van der Waals surface area (Å²) in [6.07, 6.45) is -4.30. The summed E-state index contributed by atoms with van der Waals surface area (Å²) in [7, 11) is -2.96. The molecule has 2 unspecified atom stereocenters. The smallest absolute Gasteiger partial charge is 0.328 e. The maximum absolute atomic E-state index is 11.9. The second-order valence-electron chi connectivity index (χ2n) is 4.42. The van der Waals surface area contributed by atoms with Crippen LogP contribution in [0, 0.1) is 5.92 Å². The molecule has 1 fully saturated rings. The molecule has 1 heterocycles. The highest BCUT2D eigenvalue weighted by atomic mass is 32.2. The van der Waals surface area contributed by atoms with E-state index in [4.69, 9.17) is 5.73 Å². The van der Waals surface area contributed by atoms with E-state index in [0.717, 1.165) is 0 Å². The van der Waals surface area contributed by atoms with Crippen molar-refractivity contribution in [3.63, 3.8) is 0 Å². The molecule has 0 aromatic rings. The van der Waals surface area contributed by atoms with Gasteiger partial charge in [0.25, 0.3) is 0 Å². The molecule has 0 aromatic heterocycles. The summed E-state index contributed by atoms with van der Waals surface area (Å²) in [5, 5.41) is 0. The van der Waals surface area contributed by atoms with Crippen LogP contribution in [0.4, 0.5) is 13.2 Å². The van der Waals surface area contributed by atoms with Crippen LogP contribution in [0.15, 0.2) is 0 Å². The van der Waals surface area contributed by atoms with Gasteiger partial charge < -0.3 is 5.73 Å². The van der Waals surface area contributed by atoms with E-state index in [-0.39, 0.29) is 23.8 Å². The van der Waals surface area contributed by atoms with Gasteiger partial charge in [-0.2, -0.15) is 13.2 Å². The van der Waals surface area contributed by atoms with E-state index in [9.17, 15) is 21.6 Å². The van der Waals surface area contributed by atoms with Gasteiger partial charge in [-0.1, -0.05) is 0 Å². The van der Waals surface area contributed by atoms with Crippen molar-refractivity contribution in [2.45, 2.75) is 37.9 Å². The van der Waals surface area contributed by atoms with E-state index in [1.54, 1.807) is 0 Å². The molecule has 1 rings (SSSR count). The Bertz CT molecular complexity index is 326. The van der Waals surface area contributed by atoms with Gasteiger partial charge >= 0.3 is 6.18 Å². The van der Waals surface area contributed by atoms with Crippen molar-refractivity contribution in [3.05, 3.63) is 0 Å². The van der Waals surface area contributed by atoms with Crippen LogP contribution in [-0.4, -0.2) is 32.1 Å². The molecule has 1 aliphatic rings. The van der Waals surface area contributed by atoms with Crippen LogP contribution in [0.2, 0.25) is 0 Å². The molecule has 96 valence electrons. The van der Waals surface area contributed by atoms with Gasteiger partial charge in [0, 0.05) is 12.5 Å². The summed E-state index contributed by atoms with van der Waals surface area (Å²) >= 11 is 0. The number of halogens is 3. The standard InChI is InChI=1S/C9H16F3NO2S/c10-9(11,12)3-1-8(13)5-7-2-4-16(14,15)6-7/h7-8H,1-6,13H2. The van der Waals surface area contributed by atoms with Gasteiger partial charge in [0.15, 0.2) is 9.84 Å². The summed E-state index contributed by atoms with van der Waals surface area (Å²) in [6, 6.07) is -0.556. The van der Waals surface area contributed by atoms with E-state index in [1.807, 2.05) is 0 Å². The first-order valence-electron chi connectivity index (χ1n) is 5.21. The third-order valence-electron chi connectivity index (χ3n) is 2.76. The van der Waals surface area contributed by atoms with Crippen molar-refractivity contribution in [2.75, 3.05) is 11.5 Å². The number of nitrogens with two attached hydrogens (primary N) is 1. The maximum Gasteiger partial charge on any atom is 0.389 e. The Kier molecular flexibility index (Phi) is 4.23. The second kappa shape index (κ2) is 4.91. The Morgan fingerprint density at radius 2 is 2.00 bits per heavy atom. The SMILES string of the molecule is NC(CCC(F)(F)F)CC1CCS(=O)(=O)C1. The number of hydrogen-bond acceptors (Lipinski definition) is 3. The van der Waals surface area contributed by atoms with E-state index in [2.05, 4.69) is 0 Å². The lowest BCUT2D eigenvalue weighted by molar-refractivity contribution is -0.136. The van der Waals surface area contributed by atoms with Crippen LogP contribution in [0.5, 0.6) is 0 Å². The summed E-state index contributed by atoms with van der Waals surface area (Å²) in [4.78, 5) is 0. The Balaban J connectivity index is 2.28. The molecule has 0 saturated carbocycles. The zero-order valence-electron chi connectivity index (χ0n) is 8.83. The monoisotopic (exact) mass is 259 g/mol. The fourth-order valence-electron chi connectivity index (χ4n) is 1.95. The molecule has 16 heavy (non-hydrogen) atoms. The minimum Gasteiger partial charge on any atom is -0.328 e. The zero-order valence-corrected chi connectivity index (χ0v) is 9.65. The predicted octanol–water partition coefficient (Wildman–Crippen LogP) is 1.48. The first kappa shape index (κ1) is 13.8. The van der Waals surface area contributed by atoms with Crippen LogP contribution >= 0.6 is 0 Å². The summed E-state index contributed by atoms with van der Waals surface area (Å²) in [5.41, 5.74) is 5.55. The van der Waals surface area contributed by atoms with Gasteiger partial charge in [-0.05, 0) is 25.2 Å². The lowest BCUT2D eigenvalue weighted by atomic mass is 9.97. The summed E-state index contributed by atoms with van der Waals surface area (Å²) < 4.78 is 57.9. The topological polar surface area (TPSA) is 60.2 Å². The maximum atomic E-state index is 11.9. The predicted molar refractivity (Wildman–Crippen MR) is 54.6 cm³/mol. The van der Waals surface area contributed by atoms with Gasteiger partial charge in [-0.15, -0.1) is 0 Å². The molecular formula is C9H16F3NO2S. The second-order valence-corrected chi connectivity index (χ2v) is 6.65. The van der Waals surface area contributed by atoms with E-state index in [1.165, 1.54) is 0 Å². The quantitative estimate of drug-likeness (QED) is 0.832. The van der Waals surface area contributed by atoms with Gasteiger partial charge in [-0.25, -0.2) is 8.42 Å². The Hall–Kier alpha value is -0.300. The van der Waals surface area contributed by atoms with Gasteiger partial charge in [0.1, 0.15) is 0 Å². The third kappa shape index (κ3) is 5.16. The van der Waals surface area contributed by atoms with Crippen molar-refractivity contribution < 1.29 is 21.6 Å². The molecule has 0 aromatic carbocycles. The largest absolute Gasteiger partial charge is 0.389 e. The Morgan fingerprint density at radius 1 is 1.38 bits per heavy atom. The molecule has 1 aliphatic heterocycles. The van der Waals surface area contributed by atoms with Crippen molar-refractivity contribution in [2.24, 2.45) is 11.7 Å². The molecule has 0 radical (unpaired) electrons. The molecule has 0 aliphatic carbocycles. The lowest BCUT2D eigenvalue weighted by Gasteiger charge is -2.16. The van der Waals surface area contributed by atoms with Crippen LogP contribution < -0.4 is 5.73 Å². The van der Waals surface area contributed by atoms with E-state index in [0.29, 0.717) is 12.8 Å². The van der Waals surface area contributed by atoms with Crippen LogP contribution in [0.3, 0.4) is 0 Å². The lowest BCUT2D eigenvalue weighted by Crippen LogP contribution is -2.26. The molecule has 0 bridgehead atoms. The molecule has 0 spiro atoms. The van der Waals surface area contributed by atoms with Crippen LogP contribution in [0.1, 0.15) is 25.7 Å². The van der Waals surface area contributed by atoms with Crippen molar-refractivity contribution in [1.82, 2.24) is 0 Å².